The maximum atomic E-state index is 13.1. The van der Waals surface area contributed by atoms with Gasteiger partial charge in [0.2, 0.25) is 15.9 Å². The van der Waals surface area contributed by atoms with E-state index < -0.39 is 22.6 Å². The van der Waals surface area contributed by atoms with E-state index in [1.807, 2.05) is 4.90 Å². The smallest absolute Gasteiger partial charge is 0.356 e. The fraction of sp³-hybridized carbons (Fsp3) is 0.577. The molecule has 1 aromatic rings. The van der Waals surface area contributed by atoms with Crippen molar-refractivity contribution in [3.05, 3.63) is 45.3 Å². The van der Waals surface area contributed by atoms with Crippen LogP contribution in [-0.2, 0) is 27.0 Å². The summed E-state index contributed by atoms with van der Waals surface area (Å²) in [5.41, 5.74) is 1.22. The summed E-state index contributed by atoms with van der Waals surface area (Å²) in [6.07, 6.45) is 0.684. The van der Waals surface area contributed by atoms with Crippen molar-refractivity contribution in [1.29, 1.82) is 0 Å². The average molecular weight is 618 g/mol. The summed E-state index contributed by atoms with van der Waals surface area (Å²) in [5, 5.41) is 0.0184. The molecule has 2 fully saturated rings. The molecule has 14 heteroatoms. The van der Waals surface area contributed by atoms with Crippen LogP contribution in [-0.4, -0.2) is 91.4 Å². The molecule has 0 N–H and O–H groups in total. The molecule has 1 aromatic carbocycles. The Balaban J connectivity index is 1.15. The van der Waals surface area contributed by atoms with E-state index >= 15 is 0 Å². The number of piperidine rings is 1. The van der Waals surface area contributed by atoms with Crippen molar-refractivity contribution in [2.45, 2.75) is 49.4 Å². The van der Waals surface area contributed by atoms with Gasteiger partial charge in [-0.2, -0.15) is 13.2 Å². The number of sulfonamides is 1. The standard InChI is InChI=1S/C26H31ClF3N5O3S2/c27-22-12-18(16-40(37,38)35-6-2-1-3-7-35)4-5-19(22)13-23(36)33-8-10-34(11-9-33)24-21-14-20(15-26(28,29)30)39-25(21)32-17-31-24/h4-5,12,14,17,21,25H,1-3,6-11,13,15-16H2. The number of nitrogens with zero attached hydrogens (tertiary/aromatic N) is 5. The molecule has 4 aliphatic rings. The highest BCUT2D eigenvalue weighted by Crippen LogP contribution is 2.44. The fourth-order valence-electron chi connectivity index (χ4n) is 5.44. The molecule has 0 radical (unpaired) electrons. The first-order valence-electron chi connectivity index (χ1n) is 13.3. The van der Waals surface area contributed by atoms with Crippen LogP contribution in [0.5, 0.6) is 0 Å². The molecule has 5 rings (SSSR count). The van der Waals surface area contributed by atoms with E-state index in [0.717, 1.165) is 31.0 Å². The number of amidine groups is 1. The number of aliphatic imine (C=N–C) groups is 2. The van der Waals surface area contributed by atoms with E-state index in [9.17, 15) is 26.4 Å². The first-order chi connectivity index (χ1) is 19.0. The van der Waals surface area contributed by atoms with Gasteiger partial charge in [-0.15, -0.1) is 11.8 Å². The number of hydrogen-bond acceptors (Lipinski definition) is 7. The van der Waals surface area contributed by atoms with E-state index in [4.69, 9.17) is 11.6 Å². The van der Waals surface area contributed by atoms with Gasteiger partial charge in [0.15, 0.2) is 0 Å². The van der Waals surface area contributed by atoms with Gasteiger partial charge in [-0.25, -0.2) is 17.7 Å². The topological polar surface area (TPSA) is 85.7 Å². The van der Waals surface area contributed by atoms with Crippen LogP contribution in [0.2, 0.25) is 5.02 Å². The number of benzene rings is 1. The van der Waals surface area contributed by atoms with Crippen molar-refractivity contribution in [3.8, 4) is 0 Å². The highest BCUT2D eigenvalue weighted by Gasteiger charge is 2.40. The number of amides is 1. The third-order valence-electron chi connectivity index (χ3n) is 7.49. The summed E-state index contributed by atoms with van der Waals surface area (Å²) in [4.78, 5) is 25.7. The number of fused-ring (bicyclic) bond motifs is 1. The second-order valence-electron chi connectivity index (χ2n) is 10.4. The van der Waals surface area contributed by atoms with Gasteiger partial charge in [-0.1, -0.05) is 36.2 Å². The summed E-state index contributed by atoms with van der Waals surface area (Å²) in [6, 6.07) is 5.06. The molecule has 1 amide bonds. The minimum Gasteiger partial charge on any atom is -0.356 e. The Hall–Kier alpha value is -2.09. The number of allylic oxidation sites excluding steroid dienone is 1. The Labute approximate surface area is 241 Å². The van der Waals surface area contributed by atoms with Crippen molar-refractivity contribution in [3.63, 3.8) is 0 Å². The van der Waals surface area contributed by atoms with E-state index in [1.165, 1.54) is 10.6 Å². The molecule has 8 nitrogen and oxygen atoms in total. The van der Waals surface area contributed by atoms with Gasteiger partial charge in [0.05, 0.1) is 24.5 Å². The maximum absolute atomic E-state index is 13.1. The molecule has 0 aliphatic carbocycles. The highest BCUT2D eigenvalue weighted by molar-refractivity contribution is 8.04. The molecular weight excluding hydrogens is 587 g/mol. The fourth-order valence-corrected chi connectivity index (χ4v) is 8.55. The molecule has 0 saturated carbocycles. The molecule has 0 aromatic heterocycles. The predicted molar refractivity (Wildman–Crippen MR) is 151 cm³/mol. The lowest BCUT2D eigenvalue weighted by atomic mass is 10.0. The monoisotopic (exact) mass is 617 g/mol. The minimum atomic E-state index is -4.27. The molecule has 2 atom stereocenters. The molecule has 2 unspecified atom stereocenters. The molecular formula is C26H31ClF3N5O3S2. The summed E-state index contributed by atoms with van der Waals surface area (Å²) in [5.74, 6) is 0.162. The minimum absolute atomic E-state index is 0.0935. The highest BCUT2D eigenvalue weighted by atomic mass is 35.5. The van der Waals surface area contributed by atoms with Crippen LogP contribution in [0, 0.1) is 5.92 Å². The Morgan fingerprint density at radius 3 is 2.48 bits per heavy atom. The summed E-state index contributed by atoms with van der Waals surface area (Å²) in [6.45, 7) is 3.01. The summed E-state index contributed by atoms with van der Waals surface area (Å²) < 4.78 is 65.7. The molecule has 218 valence electrons. The number of thioether (sulfide) groups is 1. The Bertz CT molecular complexity index is 1320. The normalized spacial score (nSPS) is 24.1. The number of piperazine rings is 1. The molecule has 4 heterocycles. The lowest BCUT2D eigenvalue weighted by Gasteiger charge is -2.39. The second kappa shape index (κ2) is 12.0. The van der Waals surface area contributed by atoms with Gasteiger partial charge in [0, 0.05) is 44.3 Å². The van der Waals surface area contributed by atoms with Crippen LogP contribution in [0.25, 0.3) is 0 Å². The van der Waals surface area contributed by atoms with Gasteiger partial charge in [0.25, 0.3) is 0 Å². The van der Waals surface area contributed by atoms with Crippen molar-refractivity contribution in [2.75, 3.05) is 39.3 Å². The largest absolute Gasteiger partial charge is 0.393 e. The van der Waals surface area contributed by atoms with Crippen molar-refractivity contribution in [2.24, 2.45) is 15.9 Å². The first kappa shape index (κ1) is 29.4. The van der Waals surface area contributed by atoms with Gasteiger partial charge in [-0.3, -0.25) is 9.79 Å². The van der Waals surface area contributed by atoms with E-state index in [1.54, 1.807) is 29.2 Å². The zero-order chi connectivity index (χ0) is 28.5. The molecule has 2 saturated heterocycles. The number of hydrogen-bond donors (Lipinski definition) is 0. The third kappa shape index (κ3) is 7.03. The Morgan fingerprint density at radius 2 is 1.80 bits per heavy atom. The average Bonchev–Trinajstić information content (AvgIpc) is 3.31. The number of rotatable bonds is 6. The first-order valence-corrected chi connectivity index (χ1v) is 16.2. The molecule has 0 spiro atoms. The van der Waals surface area contributed by atoms with Crippen LogP contribution in [0.1, 0.15) is 36.8 Å². The van der Waals surface area contributed by atoms with Crippen LogP contribution in [0.3, 0.4) is 0 Å². The van der Waals surface area contributed by atoms with E-state index in [2.05, 4.69) is 9.98 Å². The lowest BCUT2D eigenvalue weighted by Crippen LogP contribution is -2.53. The van der Waals surface area contributed by atoms with Crippen LogP contribution in [0.15, 0.2) is 39.2 Å². The van der Waals surface area contributed by atoms with Crippen LogP contribution < -0.4 is 0 Å². The van der Waals surface area contributed by atoms with Crippen molar-refractivity contribution >= 4 is 51.5 Å². The predicted octanol–water partition coefficient (Wildman–Crippen LogP) is 4.31. The quantitative estimate of drug-likeness (QED) is 0.475. The molecule has 4 aliphatic heterocycles. The lowest BCUT2D eigenvalue weighted by molar-refractivity contribution is -0.131. The maximum Gasteiger partial charge on any atom is 0.393 e. The number of alkyl halides is 3. The SMILES string of the molecule is O=C(Cc1ccc(CS(=O)(=O)N2CCCCC2)cc1Cl)N1CCN(C2=NC=NC3SC(CC(F)(F)F)=CC23)CC1. The van der Waals surface area contributed by atoms with Crippen molar-refractivity contribution in [1.82, 2.24) is 14.1 Å². The zero-order valence-corrected chi connectivity index (χ0v) is 24.2. The van der Waals surface area contributed by atoms with E-state index in [0.29, 0.717) is 61.3 Å². The second-order valence-corrected chi connectivity index (χ2v) is 14.0. The molecule has 40 heavy (non-hydrogen) atoms. The number of carbonyl (C=O) groups is 1. The zero-order valence-electron chi connectivity index (χ0n) is 21.8. The van der Waals surface area contributed by atoms with Crippen molar-refractivity contribution < 1.29 is 26.4 Å². The van der Waals surface area contributed by atoms with Gasteiger partial charge >= 0.3 is 6.18 Å². The molecule has 0 bridgehead atoms. The summed E-state index contributed by atoms with van der Waals surface area (Å²) in [7, 11) is -3.42. The van der Waals surface area contributed by atoms with Gasteiger partial charge in [-0.05, 0) is 34.9 Å². The van der Waals surface area contributed by atoms with Crippen LogP contribution in [0.4, 0.5) is 13.2 Å². The number of carbonyl (C=O) groups excluding carboxylic acids is 1. The Kier molecular flexibility index (Phi) is 8.84. The Morgan fingerprint density at radius 1 is 1.07 bits per heavy atom. The summed E-state index contributed by atoms with van der Waals surface area (Å²) >= 11 is 7.59. The van der Waals surface area contributed by atoms with Gasteiger partial charge < -0.3 is 9.80 Å². The third-order valence-corrected chi connectivity index (χ3v) is 10.9. The number of halogens is 4. The van der Waals surface area contributed by atoms with Gasteiger partial charge in [0.1, 0.15) is 17.5 Å². The van der Waals surface area contributed by atoms with Crippen LogP contribution >= 0.6 is 23.4 Å². The van der Waals surface area contributed by atoms with E-state index in [-0.39, 0.29) is 34.3 Å².